The molecular formula is C2H14BN2O3P. The number of hydrogen-bond acceptors (Lipinski definition) is 5. The van der Waals surface area contributed by atoms with E-state index in [-0.39, 0.29) is 9.90 Å². The van der Waals surface area contributed by atoms with Crippen molar-refractivity contribution in [3.8, 4) is 0 Å². The van der Waals surface area contributed by atoms with Crippen molar-refractivity contribution in [2.45, 2.75) is 0 Å². The van der Waals surface area contributed by atoms with Gasteiger partial charge < -0.3 is 26.5 Å². The fourth-order valence-corrected chi connectivity index (χ4v) is 0. The van der Waals surface area contributed by atoms with Crippen molar-refractivity contribution in [1.29, 1.82) is 0 Å². The van der Waals surface area contributed by atoms with Crippen molar-refractivity contribution < 1.29 is 15.1 Å². The quantitative estimate of drug-likeness (QED) is 0.204. The first-order valence-corrected chi connectivity index (χ1v) is 2.09. The standard InChI is InChI=1S/C2H8N2.BH3O3.H3P/c3-1-2-4;2-1(3)4;/h1-4H2;2-4H;1H3. The summed E-state index contributed by atoms with van der Waals surface area (Å²) < 4.78 is 0. The van der Waals surface area contributed by atoms with Gasteiger partial charge >= 0.3 is 7.32 Å². The first kappa shape index (κ1) is 16.1. The summed E-state index contributed by atoms with van der Waals surface area (Å²) in [6, 6.07) is 0. The van der Waals surface area contributed by atoms with E-state index in [9.17, 15) is 0 Å². The second kappa shape index (κ2) is 15.7. The topological polar surface area (TPSA) is 113 Å². The van der Waals surface area contributed by atoms with Gasteiger partial charge in [-0.15, -0.1) is 0 Å². The van der Waals surface area contributed by atoms with Crippen LogP contribution in [0.15, 0.2) is 0 Å². The summed E-state index contributed by atoms with van der Waals surface area (Å²) in [7, 11) is -2.17. The maximum atomic E-state index is 7.17. The molecule has 0 radical (unpaired) electrons. The third-order valence-corrected chi connectivity index (χ3v) is 0.167. The Labute approximate surface area is 57.9 Å². The number of hydrogen-bond donors (Lipinski definition) is 5. The van der Waals surface area contributed by atoms with Crippen molar-refractivity contribution >= 4 is 17.2 Å². The Balaban J connectivity index is -0.0000000720. The van der Waals surface area contributed by atoms with Crippen molar-refractivity contribution in [1.82, 2.24) is 0 Å². The lowest BCUT2D eigenvalue weighted by atomic mass is 10.3. The molecule has 0 saturated heterocycles. The van der Waals surface area contributed by atoms with Crippen LogP contribution in [0.2, 0.25) is 0 Å². The molecule has 5 nitrogen and oxygen atoms in total. The summed E-state index contributed by atoms with van der Waals surface area (Å²) >= 11 is 0. The monoisotopic (exact) mass is 156 g/mol. The van der Waals surface area contributed by atoms with Crippen LogP contribution in [0.25, 0.3) is 0 Å². The van der Waals surface area contributed by atoms with Crippen molar-refractivity contribution in [2.75, 3.05) is 13.1 Å². The highest BCUT2D eigenvalue weighted by molar-refractivity contribution is 6.92. The minimum Gasteiger partial charge on any atom is -0.402 e. The molecule has 1 atom stereocenters. The maximum absolute atomic E-state index is 7.17. The average Bonchev–Trinajstić information content (AvgIpc) is 1.65. The number of nitrogens with two attached hydrogens (primary N) is 2. The van der Waals surface area contributed by atoms with Crippen LogP contribution in [0.4, 0.5) is 0 Å². The lowest BCUT2D eigenvalue weighted by molar-refractivity contribution is 0.278. The Kier molecular flexibility index (Phi) is 28.2. The fourth-order valence-electron chi connectivity index (χ4n) is 0. The minimum absolute atomic E-state index is 0. The smallest absolute Gasteiger partial charge is 0.402 e. The van der Waals surface area contributed by atoms with Gasteiger partial charge in [0.05, 0.1) is 0 Å². The van der Waals surface area contributed by atoms with E-state index in [1.807, 2.05) is 0 Å². The molecule has 0 aromatic rings. The van der Waals surface area contributed by atoms with E-state index >= 15 is 0 Å². The average molecular weight is 156 g/mol. The largest absolute Gasteiger partial charge is 0.631 e. The first-order chi connectivity index (χ1) is 3.65. The van der Waals surface area contributed by atoms with Gasteiger partial charge in [-0.1, -0.05) is 0 Å². The van der Waals surface area contributed by atoms with Gasteiger partial charge in [0.1, 0.15) is 0 Å². The van der Waals surface area contributed by atoms with E-state index in [0.29, 0.717) is 13.1 Å². The van der Waals surface area contributed by atoms with Gasteiger partial charge in [0.2, 0.25) is 0 Å². The summed E-state index contributed by atoms with van der Waals surface area (Å²) in [4.78, 5) is 0. The molecule has 7 N–H and O–H groups in total. The highest BCUT2D eigenvalue weighted by Crippen LogP contribution is 1.40. The van der Waals surface area contributed by atoms with E-state index in [1.165, 1.54) is 0 Å². The summed E-state index contributed by atoms with van der Waals surface area (Å²) in [6.45, 7) is 1.19. The molecule has 0 aromatic carbocycles. The van der Waals surface area contributed by atoms with Gasteiger partial charge in [0.15, 0.2) is 0 Å². The Bertz CT molecular complexity index is 36.2. The molecule has 0 saturated carbocycles. The molecule has 0 bridgehead atoms. The van der Waals surface area contributed by atoms with Crippen LogP contribution in [-0.2, 0) is 0 Å². The normalized spacial score (nSPS) is 6.33. The maximum Gasteiger partial charge on any atom is 0.631 e. The van der Waals surface area contributed by atoms with Gasteiger partial charge in [-0.05, 0) is 0 Å². The van der Waals surface area contributed by atoms with Crippen molar-refractivity contribution in [3.63, 3.8) is 0 Å². The Hall–Kier alpha value is 0.295. The molecule has 0 heterocycles. The molecule has 0 aromatic heterocycles. The SMILES string of the molecule is NCCN.OB(O)O.P. The van der Waals surface area contributed by atoms with Crippen molar-refractivity contribution in [3.05, 3.63) is 0 Å². The molecule has 0 aliphatic rings. The molecule has 0 aliphatic carbocycles. The number of rotatable bonds is 1. The molecule has 9 heavy (non-hydrogen) atoms. The van der Waals surface area contributed by atoms with E-state index in [1.54, 1.807) is 0 Å². The molecule has 0 spiro atoms. The van der Waals surface area contributed by atoms with E-state index in [0.717, 1.165) is 0 Å². The lowest BCUT2D eigenvalue weighted by Crippen LogP contribution is -2.11. The molecule has 0 rings (SSSR count). The van der Waals surface area contributed by atoms with Gasteiger partial charge in [0.25, 0.3) is 0 Å². The van der Waals surface area contributed by atoms with Gasteiger partial charge in [-0.3, -0.25) is 0 Å². The molecule has 58 valence electrons. The predicted octanol–water partition coefficient (Wildman–Crippen LogP) is -3.09. The Morgan fingerprint density at radius 1 is 1.00 bits per heavy atom. The summed E-state index contributed by atoms with van der Waals surface area (Å²) in [5.41, 5.74) is 9.81. The fraction of sp³-hybridized carbons (Fsp3) is 1.00. The molecular weight excluding hydrogens is 142 g/mol. The van der Waals surface area contributed by atoms with Gasteiger partial charge in [0, 0.05) is 13.1 Å². The molecule has 7 heteroatoms. The van der Waals surface area contributed by atoms with Crippen LogP contribution < -0.4 is 11.5 Å². The predicted molar refractivity (Wildman–Crippen MR) is 41.6 cm³/mol. The van der Waals surface area contributed by atoms with Crippen molar-refractivity contribution in [2.24, 2.45) is 11.5 Å². The highest BCUT2D eigenvalue weighted by Gasteiger charge is 1.92. The molecule has 1 unspecified atom stereocenters. The van der Waals surface area contributed by atoms with Crippen LogP contribution in [0.5, 0.6) is 0 Å². The third kappa shape index (κ3) is 196. The minimum atomic E-state index is -2.17. The Morgan fingerprint density at radius 3 is 1.11 bits per heavy atom. The van der Waals surface area contributed by atoms with Crippen LogP contribution in [0.1, 0.15) is 0 Å². The summed E-state index contributed by atoms with van der Waals surface area (Å²) in [5.74, 6) is 0. The Morgan fingerprint density at radius 2 is 1.11 bits per heavy atom. The molecule has 0 fully saturated rings. The van der Waals surface area contributed by atoms with E-state index in [4.69, 9.17) is 26.5 Å². The zero-order valence-electron chi connectivity index (χ0n) is 5.20. The zero-order valence-corrected chi connectivity index (χ0v) is 6.61. The second-order valence-corrected chi connectivity index (χ2v) is 0.924. The highest BCUT2D eigenvalue weighted by atomic mass is 31.0. The zero-order chi connectivity index (χ0) is 6.99. The lowest BCUT2D eigenvalue weighted by Gasteiger charge is -1.72. The van der Waals surface area contributed by atoms with Crippen LogP contribution >= 0.6 is 9.90 Å². The summed E-state index contributed by atoms with van der Waals surface area (Å²) in [5, 5.41) is 21.5. The van der Waals surface area contributed by atoms with Crippen LogP contribution in [0, 0.1) is 0 Å². The van der Waals surface area contributed by atoms with Crippen LogP contribution in [0.3, 0.4) is 0 Å². The first-order valence-electron chi connectivity index (χ1n) is 2.09. The molecule has 0 amide bonds. The van der Waals surface area contributed by atoms with E-state index < -0.39 is 7.32 Å². The summed E-state index contributed by atoms with van der Waals surface area (Å²) in [6.07, 6.45) is 0. The van der Waals surface area contributed by atoms with Gasteiger partial charge in [-0.2, -0.15) is 9.90 Å². The second-order valence-electron chi connectivity index (χ2n) is 0.924. The van der Waals surface area contributed by atoms with Gasteiger partial charge in [-0.25, -0.2) is 0 Å². The van der Waals surface area contributed by atoms with E-state index in [2.05, 4.69) is 0 Å². The van der Waals surface area contributed by atoms with Crippen LogP contribution in [-0.4, -0.2) is 35.5 Å². The molecule has 0 aliphatic heterocycles. The third-order valence-electron chi connectivity index (χ3n) is 0.167.